The van der Waals surface area contributed by atoms with Gasteiger partial charge < -0.3 is 19.9 Å². The summed E-state index contributed by atoms with van der Waals surface area (Å²) in [6.45, 7) is 5.02. The summed E-state index contributed by atoms with van der Waals surface area (Å²) in [6, 6.07) is 0.786. The topological polar surface area (TPSA) is 40.1 Å². The summed E-state index contributed by atoms with van der Waals surface area (Å²) < 4.78 is 5.45. The second kappa shape index (κ2) is 10.9. The van der Waals surface area contributed by atoms with Crippen LogP contribution in [0.15, 0.2) is 4.99 Å². The van der Waals surface area contributed by atoms with E-state index in [0.29, 0.717) is 0 Å². The Bertz CT molecular complexity index is 362. The normalized spacial score (nSPS) is 21.2. The molecule has 0 unspecified atom stereocenters. The van der Waals surface area contributed by atoms with Crippen molar-refractivity contribution in [3.05, 3.63) is 0 Å². The van der Waals surface area contributed by atoms with Gasteiger partial charge in [-0.3, -0.25) is 4.99 Å². The fraction of sp³-hybridized carbons (Fsp3) is 0.947. The van der Waals surface area contributed by atoms with Gasteiger partial charge in [0, 0.05) is 53.0 Å². The van der Waals surface area contributed by atoms with Crippen LogP contribution in [0.3, 0.4) is 0 Å². The molecule has 0 spiro atoms. The fourth-order valence-electron chi connectivity index (χ4n) is 3.95. The van der Waals surface area contributed by atoms with E-state index in [1.165, 1.54) is 51.4 Å². The zero-order chi connectivity index (χ0) is 17.2. The predicted octanol–water partition coefficient (Wildman–Crippen LogP) is 2.57. The van der Waals surface area contributed by atoms with Crippen LogP contribution in [-0.4, -0.2) is 75.8 Å². The molecule has 0 atom stereocenters. The Kier molecular flexibility index (Phi) is 8.89. The molecule has 0 aromatic carbocycles. The highest BCUT2D eigenvalue weighted by molar-refractivity contribution is 5.79. The second-order valence-electron chi connectivity index (χ2n) is 7.51. The molecule has 2 fully saturated rings. The molecule has 0 bridgehead atoms. The van der Waals surface area contributed by atoms with Crippen molar-refractivity contribution < 1.29 is 4.74 Å². The van der Waals surface area contributed by atoms with Crippen molar-refractivity contribution >= 4 is 5.96 Å². The van der Waals surface area contributed by atoms with Crippen LogP contribution in [0.2, 0.25) is 0 Å². The van der Waals surface area contributed by atoms with Gasteiger partial charge in [-0.25, -0.2) is 0 Å². The molecule has 1 N–H and O–H groups in total. The van der Waals surface area contributed by atoms with E-state index in [2.05, 4.69) is 34.2 Å². The molecule has 1 heterocycles. The number of rotatable bonds is 7. The summed E-state index contributed by atoms with van der Waals surface area (Å²) in [5, 5.41) is 3.54. The molecule has 0 aromatic heterocycles. The Morgan fingerprint density at radius 3 is 2.42 bits per heavy atom. The van der Waals surface area contributed by atoms with Crippen LogP contribution in [0.25, 0.3) is 0 Å². The number of aliphatic imine (C=N–C) groups is 1. The molecular weight excluding hydrogens is 300 g/mol. The Morgan fingerprint density at radius 2 is 1.75 bits per heavy atom. The maximum absolute atomic E-state index is 5.45. The van der Waals surface area contributed by atoms with Gasteiger partial charge >= 0.3 is 0 Å². The van der Waals surface area contributed by atoms with E-state index in [1.807, 2.05) is 7.05 Å². The summed E-state index contributed by atoms with van der Waals surface area (Å²) in [4.78, 5) is 9.25. The first-order chi connectivity index (χ1) is 11.7. The molecule has 2 rings (SSSR count). The first kappa shape index (κ1) is 19.5. The van der Waals surface area contributed by atoms with E-state index >= 15 is 0 Å². The highest BCUT2D eigenvalue weighted by atomic mass is 16.5. The molecule has 0 amide bonds. The highest BCUT2D eigenvalue weighted by Gasteiger charge is 2.18. The van der Waals surface area contributed by atoms with Crippen molar-refractivity contribution in [2.45, 2.75) is 57.4 Å². The van der Waals surface area contributed by atoms with Gasteiger partial charge in [0.15, 0.2) is 5.96 Å². The van der Waals surface area contributed by atoms with Crippen LogP contribution < -0.4 is 5.32 Å². The second-order valence-corrected chi connectivity index (χ2v) is 7.51. The Morgan fingerprint density at radius 1 is 1.04 bits per heavy atom. The minimum atomic E-state index is 0.786. The first-order valence-electron chi connectivity index (χ1n) is 9.90. The zero-order valence-electron chi connectivity index (χ0n) is 16.1. The van der Waals surface area contributed by atoms with Crippen LogP contribution in [-0.2, 0) is 4.74 Å². The summed E-state index contributed by atoms with van der Waals surface area (Å²) in [6.07, 6.45) is 10.6. The quantitative estimate of drug-likeness (QED) is 0.572. The molecule has 5 heteroatoms. The van der Waals surface area contributed by atoms with Crippen molar-refractivity contribution in [3.8, 4) is 0 Å². The SMILES string of the molecule is CN=C(NCCN(C)C1CCCCC1)N(C)CCC1CCOCC1. The van der Waals surface area contributed by atoms with Crippen molar-refractivity contribution in [1.82, 2.24) is 15.1 Å². The summed E-state index contributed by atoms with van der Waals surface area (Å²) >= 11 is 0. The Balaban J connectivity index is 1.63. The molecule has 1 saturated carbocycles. The minimum absolute atomic E-state index is 0.786. The third-order valence-corrected chi connectivity index (χ3v) is 5.73. The van der Waals surface area contributed by atoms with Gasteiger partial charge in [0.25, 0.3) is 0 Å². The summed E-state index contributed by atoms with van der Waals surface area (Å²) in [5.74, 6) is 1.84. The maximum atomic E-state index is 5.45. The predicted molar refractivity (Wildman–Crippen MR) is 102 cm³/mol. The van der Waals surface area contributed by atoms with Crippen LogP contribution in [0, 0.1) is 5.92 Å². The lowest BCUT2D eigenvalue weighted by atomic mass is 9.94. The highest BCUT2D eigenvalue weighted by Crippen LogP contribution is 2.21. The lowest BCUT2D eigenvalue weighted by Crippen LogP contribution is -2.44. The standard InChI is InChI=1S/C19H38N4O/c1-20-19(23(3)13-9-17-10-15-24-16-11-17)21-12-14-22(2)18-7-5-4-6-8-18/h17-18H,4-16H2,1-3H3,(H,20,21). The summed E-state index contributed by atoms with van der Waals surface area (Å²) in [7, 11) is 6.31. The summed E-state index contributed by atoms with van der Waals surface area (Å²) in [5.41, 5.74) is 0. The third-order valence-electron chi connectivity index (χ3n) is 5.73. The first-order valence-corrected chi connectivity index (χ1v) is 9.90. The van der Waals surface area contributed by atoms with Crippen molar-refractivity contribution in [2.24, 2.45) is 10.9 Å². The average molecular weight is 339 g/mol. The molecule has 1 aliphatic heterocycles. The Hall–Kier alpha value is -0.810. The molecular formula is C19H38N4O. The van der Waals surface area contributed by atoms with Gasteiger partial charge in [-0.2, -0.15) is 0 Å². The lowest BCUT2D eigenvalue weighted by molar-refractivity contribution is 0.0625. The molecule has 1 saturated heterocycles. The van der Waals surface area contributed by atoms with Gasteiger partial charge in [0.1, 0.15) is 0 Å². The van der Waals surface area contributed by atoms with Crippen LogP contribution >= 0.6 is 0 Å². The number of ether oxygens (including phenoxy) is 1. The van der Waals surface area contributed by atoms with Crippen molar-refractivity contribution in [2.75, 3.05) is 54.0 Å². The molecule has 0 radical (unpaired) electrons. The minimum Gasteiger partial charge on any atom is -0.381 e. The van der Waals surface area contributed by atoms with Crippen molar-refractivity contribution in [1.29, 1.82) is 0 Å². The van der Waals surface area contributed by atoms with Crippen LogP contribution in [0.4, 0.5) is 0 Å². The molecule has 0 aromatic rings. The zero-order valence-corrected chi connectivity index (χ0v) is 16.1. The van der Waals surface area contributed by atoms with Gasteiger partial charge in [-0.1, -0.05) is 19.3 Å². The van der Waals surface area contributed by atoms with E-state index in [9.17, 15) is 0 Å². The van der Waals surface area contributed by atoms with E-state index in [0.717, 1.165) is 50.8 Å². The number of hydrogen-bond donors (Lipinski definition) is 1. The average Bonchev–Trinajstić information content (AvgIpc) is 2.64. The van der Waals surface area contributed by atoms with E-state index < -0.39 is 0 Å². The Labute approximate surface area is 148 Å². The van der Waals surface area contributed by atoms with E-state index in [-0.39, 0.29) is 0 Å². The molecule has 140 valence electrons. The van der Waals surface area contributed by atoms with E-state index in [1.54, 1.807) is 0 Å². The smallest absolute Gasteiger partial charge is 0.193 e. The maximum Gasteiger partial charge on any atom is 0.193 e. The van der Waals surface area contributed by atoms with Crippen molar-refractivity contribution in [3.63, 3.8) is 0 Å². The number of hydrogen-bond acceptors (Lipinski definition) is 3. The number of likely N-dealkylation sites (N-methyl/N-ethyl adjacent to an activating group) is 1. The molecule has 5 nitrogen and oxygen atoms in total. The monoisotopic (exact) mass is 338 g/mol. The lowest BCUT2D eigenvalue weighted by Gasteiger charge is -2.32. The van der Waals surface area contributed by atoms with Crippen LogP contribution in [0.1, 0.15) is 51.4 Å². The molecule has 24 heavy (non-hydrogen) atoms. The largest absolute Gasteiger partial charge is 0.381 e. The van der Waals surface area contributed by atoms with Gasteiger partial charge in [-0.15, -0.1) is 0 Å². The van der Waals surface area contributed by atoms with Gasteiger partial charge in [-0.05, 0) is 45.1 Å². The third kappa shape index (κ3) is 6.60. The molecule has 2 aliphatic rings. The number of nitrogens with one attached hydrogen (secondary N) is 1. The number of guanidine groups is 1. The van der Waals surface area contributed by atoms with Gasteiger partial charge in [0.2, 0.25) is 0 Å². The molecule has 1 aliphatic carbocycles. The fourth-order valence-corrected chi connectivity index (χ4v) is 3.95. The number of nitrogens with zero attached hydrogens (tertiary/aromatic N) is 3. The van der Waals surface area contributed by atoms with E-state index in [4.69, 9.17) is 4.74 Å². The van der Waals surface area contributed by atoms with Gasteiger partial charge in [0.05, 0.1) is 0 Å². The van der Waals surface area contributed by atoms with Crippen LogP contribution in [0.5, 0.6) is 0 Å².